The third-order valence-corrected chi connectivity index (χ3v) is 4.59. The van der Waals surface area contributed by atoms with Crippen LogP contribution in [-0.4, -0.2) is 12.7 Å². The molecule has 0 N–H and O–H groups in total. The Labute approximate surface area is 140 Å². The molecule has 0 amide bonds. The number of hydrogen-bond donors (Lipinski definition) is 0. The molecule has 4 rings (SSSR count). The summed E-state index contributed by atoms with van der Waals surface area (Å²) in [6, 6.07) is 12.0. The molecule has 3 aromatic heterocycles. The van der Waals surface area contributed by atoms with Crippen LogP contribution in [0.5, 0.6) is 0 Å². The Morgan fingerprint density at radius 2 is 1.90 bits per heavy atom. The van der Waals surface area contributed by atoms with Gasteiger partial charge in [0.1, 0.15) is 5.65 Å². The minimum Gasteiger partial charge on any atom is -0.273 e. The first-order chi connectivity index (χ1) is 10.2. The lowest BCUT2D eigenvalue weighted by atomic mass is 10.0. The van der Waals surface area contributed by atoms with Crippen LogP contribution in [0.3, 0.4) is 0 Å². The average Bonchev–Trinajstić information content (AvgIpc) is 2.85. The minimum absolute atomic E-state index is 0.721. The monoisotopic (exact) mass is 405 g/mol. The summed E-state index contributed by atoms with van der Waals surface area (Å²) in [7, 11) is 0. The SMILES string of the molecule is Clc1ccnc2ccc(-c3cn(I)c4ncccc34)cc12. The first-order valence-electron chi connectivity index (χ1n) is 6.41. The standard InChI is InChI=1S/C16H9ClIN3/c17-14-5-7-19-15-4-3-10(8-12(14)15)13-9-21(18)16-11(13)2-1-6-20-16/h1-9H. The zero-order chi connectivity index (χ0) is 14.4. The highest BCUT2D eigenvalue weighted by Crippen LogP contribution is 2.33. The predicted molar refractivity (Wildman–Crippen MR) is 94.9 cm³/mol. The summed E-state index contributed by atoms with van der Waals surface area (Å²) in [4.78, 5) is 8.76. The van der Waals surface area contributed by atoms with Crippen molar-refractivity contribution in [2.75, 3.05) is 0 Å². The Morgan fingerprint density at radius 3 is 2.81 bits per heavy atom. The maximum absolute atomic E-state index is 6.28. The van der Waals surface area contributed by atoms with E-state index in [1.807, 2.05) is 27.2 Å². The molecule has 21 heavy (non-hydrogen) atoms. The van der Waals surface area contributed by atoms with Gasteiger partial charge in [0, 0.05) is 34.9 Å². The van der Waals surface area contributed by atoms with E-state index >= 15 is 0 Å². The summed E-state index contributed by atoms with van der Waals surface area (Å²) in [6.45, 7) is 0. The van der Waals surface area contributed by atoms with Crippen molar-refractivity contribution < 1.29 is 0 Å². The summed E-state index contributed by atoms with van der Waals surface area (Å²) < 4.78 is 2.01. The highest BCUT2D eigenvalue weighted by Gasteiger charge is 2.11. The fourth-order valence-corrected chi connectivity index (χ4v) is 3.40. The number of benzene rings is 1. The molecule has 0 saturated carbocycles. The van der Waals surface area contributed by atoms with Crippen molar-refractivity contribution in [2.45, 2.75) is 0 Å². The molecule has 0 unspecified atom stereocenters. The Bertz CT molecular complexity index is 978. The number of fused-ring (bicyclic) bond motifs is 2. The fourth-order valence-electron chi connectivity index (χ4n) is 2.53. The minimum atomic E-state index is 0.721. The van der Waals surface area contributed by atoms with Crippen LogP contribution in [0, 0.1) is 0 Å². The van der Waals surface area contributed by atoms with Crippen molar-refractivity contribution in [3.8, 4) is 11.1 Å². The Kier molecular flexibility index (Phi) is 3.08. The number of halogens is 2. The highest BCUT2D eigenvalue weighted by molar-refractivity contribution is 14.1. The maximum atomic E-state index is 6.28. The number of hydrogen-bond acceptors (Lipinski definition) is 2. The average molecular weight is 406 g/mol. The van der Waals surface area contributed by atoms with Gasteiger partial charge in [-0.25, -0.2) is 4.98 Å². The molecule has 0 saturated heterocycles. The lowest BCUT2D eigenvalue weighted by Crippen LogP contribution is -1.82. The van der Waals surface area contributed by atoms with Gasteiger partial charge in [-0.05, 0) is 35.9 Å². The topological polar surface area (TPSA) is 30.7 Å². The van der Waals surface area contributed by atoms with E-state index in [-0.39, 0.29) is 0 Å². The quantitative estimate of drug-likeness (QED) is 0.412. The Hall–Kier alpha value is -1.66. The van der Waals surface area contributed by atoms with Gasteiger partial charge in [0.05, 0.1) is 33.4 Å². The molecule has 0 aliphatic carbocycles. The van der Waals surface area contributed by atoms with E-state index in [4.69, 9.17) is 11.6 Å². The smallest absolute Gasteiger partial charge is 0.149 e. The van der Waals surface area contributed by atoms with Crippen molar-refractivity contribution in [3.63, 3.8) is 0 Å². The van der Waals surface area contributed by atoms with Gasteiger partial charge in [0.15, 0.2) is 0 Å². The summed E-state index contributed by atoms with van der Waals surface area (Å²) in [5, 5.41) is 2.82. The van der Waals surface area contributed by atoms with Gasteiger partial charge in [-0.1, -0.05) is 17.7 Å². The summed E-state index contributed by atoms with van der Waals surface area (Å²) >= 11 is 8.53. The fraction of sp³-hybridized carbons (Fsp3) is 0. The lowest BCUT2D eigenvalue weighted by Gasteiger charge is -2.03. The molecular weight excluding hydrogens is 397 g/mol. The van der Waals surface area contributed by atoms with Crippen molar-refractivity contribution in [3.05, 3.63) is 60.0 Å². The van der Waals surface area contributed by atoms with E-state index in [0.29, 0.717) is 0 Å². The van der Waals surface area contributed by atoms with Crippen LogP contribution in [0.15, 0.2) is 55.0 Å². The van der Waals surface area contributed by atoms with E-state index in [1.54, 1.807) is 6.20 Å². The zero-order valence-electron chi connectivity index (χ0n) is 10.8. The number of aromatic nitrogens is 3. The van der Waals surface area contributed by atoms with Gasteiger partial charge >= 0.3 is 0 Å². The van der Waals surface area contributed by atoms with Crippen molar-refractivity contribution in [1.29, 1.82) is 0 Å². The second kappa shape index (κ2) is 4.96. The van der Waals surface area contributed by atoms with Gasteiger partial charge in [-0.2, -0.15) is 0 Å². The van der Waals surface area contributed by atoms with Gasteiger partial charge in [-0.15, -0.1) is 0 Å². The Balaban J connectivity index is 2.02. The van der Waals surface area contributed by atoms with Crippen molar-refractivity contribution in [1.82, 2.24) is 12.7 Å². The molecule has 0 radical (unpaired) electrons. The molecular formula is C16H9ClIN3. The molecule has 5 heteroatoms. The third kappa shape index (κ3) is 2.10. The molecule has 0 spiro atoms. The van der Waals surface area contributed by atoms with Gasteiger partial charge in [-0.3, -0.25) is 7.76 Å². The first-order valence-corrected chi connectivity index (χ1v) is 7.75. The zero-order valence-corrected chi connectivity index (χ0v) is 13.7. The van der Waals surface area contributed by atoms with Gasteiger partial charge in [0.2, 0.25) is 0 Å². The van der Waals surface area contributed by atoms with Crippen LogP contribution in [-0.2, 0) is 0 Å². The largest absolute Gasteiger partial charge is 0.273 e. The molecule has 0 fully saturated rings. The van der Waals surface area contributed by atoms with E-state index in [2.05, 4.69) is 57.2 Å². The second-order valence-corrected chi connectivity index (χ2v) is 6.20. The Morgan fingerprint density at radius 1 is 1.00 bits per heavy atom. The van der Waals surface area contributed by atoms with E-state index in [9.17, 15) is 0 Å². The van der Waals surface area contributed by atoms with Crippen LogP contribution in [0.2, 0.25) is 5.02 Å². The first kappa shape index (κ1) is 13.0. The van der Waals surface area contributed by atoms with E-state index < -0.39 is 0 Å². The molecule has 3 heterocycles. The lowest BCUT2D eigenvalue weighted by molar-refractivity contribution is 1.30. The van der Waals surface area contributed by atoms with Gasteiger partial charge < -0.3 is 0 Å². The molecule has 4 aromatic rings. The van der Waals surface area contributed by atoms with E-state index in [1.165, 1.54) is 0 Å². The molecule has 0 aliphatic heterocycles. The van der Waals surface area contributed by atoms with Crippen molar-refractivity contribution >= 4 is 56.4 Å². The number of pyridine rings is 2. The highest BCUT2D eigenvalue weighted by atomic mass is 127. The van der Waals surface area contributed by atoms with Gasteiger partial charge in [0.25, 0.3) is 0 Å². The second-order valence-electron chi connectivity index (χ2n) is 4.75. The van der Waals surface area contributed by atoms with Crippen LogP contribution in [0.4, 0.5) is 0 Å². The molecule has 102 valence electrons. The van der Waals surface area contributed by atoms with Crippen molar-refractivity contribution in [2.24, 2.45) is 0 Å². The molecule has 1 aromatic carbocycles. The number of rotatable bonds is 1. The number of nitrogens with zero attached hydrogens (tertiary/aromatic N) is 3. The predicted octanol–water partition coefficient (Wildman–Crippen LogP) is 5.10. The van der Waals surface area contributed by atoms with Crippen LogP contribution >= 0.6 is 34.5 Å². The summed E-state index contributed by atoms with van der Waals surface area (Å²) in [5.41, 5.74) is 4.13. The maximum Gasteiger partial charge on any atom is 0.149 e. The normalized spacial score (nSPS) is 11.3. The van der Waals surface area contributed by atoms with Crippen LogP contribution in [0.1, 0.15) is 0 Å². The summed E-state index contributed by atoms with van der Waals surface area (Å²) in [5.74, 6) is 0. The summed E-state index contributed by atoms with van der Waals surface area (Å²) in [6.07, 6.45) is 5.62. The molecule has 3 nitrogen and oxygen atoms in total. The van der Waals surface area contributed by atoms with Crippen LogP contribution in [0.25, 0.3) is 33.1 Å². The molecule has 0 aliphatic rings. The molecule has 0 atom stereocenters. The van der Waals surface area contributed by atoms with E-state index in [0.717, 1.165) is 38.1 Å². The third-order valence-electron chi connectivity index (χ3n) is 3.52. The molecule has 0 bridgehead atoms. The van der Waals surface area contributed by atoms with Crippen LogP contribution < -0.4 is 0 Å².